The van der Waals surface area contributed by atoms with Crippen molar-refractivity contribution in [2.45, 2.75) is 19.8 Å². The van der Waals surface area contributed by atoms with Gasteiger partial charge in [0.05, 0.1) is 10.0 Å². The highest BCUT2D eigenvalue weighted by Gasteiger charge is 2.11. The van der Waals surface area contributed by atoms with Gasteiger partial charge in [0.2, 0.25) is 0 Å². The summed E-state index contributed by atoms with van der Waals surface area (Å²) in [5, 5.41) is 3.96. The lowest BCUT2D eigenvalue weighted by molar-refractivity contribution is 0.874. The van der Waals surface area contributed by atoms with Crippen LogP contribution in [0.3, 0.4) is 0 Å². The predicted molar refractivity (Wildman–Crippen MR) is 78.8 cm³/mol. The van der Waals surface area contributed by atoms with Gasteiger partial charge in [-0.25, -0.2) is 15.0 Å². The quantitative estimate of drug-likeness (QED) is 0.931. The average molecular weight is 297 g/mol. The number of hydrogen-bond donors (Lipinski definition) is 1. The highest BCUT2D eigenvalue weighted by Crippen LogP contribution is 2.26. The Balaban J connectivity index is 2.51. The van der Waals surface area contributed by atoms with Crippen molar-refractivity contribution in [2.75, 3.05) is 12.4 Å². The number of anilines is 1. The van der Waals surface area contributed by atoms with E-state index in [-0.39, 0.29) is 0 Å². The Labute approximate surface area is 122 Å². The molecule has 0 atom stereocenters. The lowest BCUT2D eigenvalue weighted by Crippen LogP contribution is -2.02. The van der Waals surface area contributed by atoms with Crippen LogP contribution in [0.15, 0.2) is 18.3 Å². The minimum atomic E-state index is 0.447. The topological polar surface area (TPSA) is 50.7 Å². The highest BCUT2D eigenvalue weighted by molar-refractivity contribution is 6.35. The maximum absolute atomic E-state index is 6.14. The Kier molecular flexibility index (Phi) is 4.56. The van der Waals surface area contributed by atoms with Crippen LogP contribution in [-0.4, -0.2) is 22.0 Å². The van der Waals surface area contributed by atoms with Gasteiger partial charge < -0.3 is 5.32 Å². The summed E-state index contributed by atoms with van der Waals surface area (Å²) in [6.07, 6.45) is 3.44. The van der Waals surface area contributed by atoms with Gasteiger partial charge in [0.1, 0.15) is 11.5 Å². The lowest BCUT2D eigenvalue weighted by atomic mass is 10.2. The Bertz CT molecular complexity index is 587. The van der Waals surface area contributed by atoms with Crippen LogP contribution in [0.4, 0.5) is 5.82 Å². The van der Waals surface area contributed by atoms with E-state index in [0.29, 0.717) is 21.6 Å². The fraction of sp³-hybridized carbons (Fsp3) is 0.308. The summed E-state index contributed by atoms with van der Waals surface area (Å²) < 4.78 is 0. The second-order valence-corrected chi connectivity index (χ2v) is 4.90. The Morgan fingerprint density at radius 1 is 1.21 bits per heavy atom. The van der Waals surface area contributed by atoms with Gasteiger partial charge in [-0.1, -0.05) is 36.5 Å². The monoisotopic (exact) mass is 296 g/mol. The molecule has 0 aliphatic heterocycles. The Hall–Kier alpha value is -1.39. The van der Waals surface area contributed by atoms with Crippen LogP contribution in [0.5, 0.6) is 0 Å². The first-order valence-corrected chi connectivity index (χ1v) is 6.76. The van der Waals surface area contributed by atoms with Gasteiger partial charge in [-0.2, -0.15) is 0 Å². The number of pyridine rings is 1. The van der Waals surface area contributed by atoms with Crippen LogP contribution in [-0.2, 0) is 6.42 Å². The molecule has 2 aromatic rings. The van der Waals surface area contributed by atoms with Crippen molar-refractivity contribution in [3.05, 3.63) is 34.1 Å². The fourth-order valence-electron chi connectivity index (χ4n) is 1.69. The molecule has 0 amide bonds. The standard InChI is InChI=1S/C13H14Cl2N4/c1-3-4-9-6-11(16-2)19-13(18-9)12-10(15)5-8(14)7-17-12/h5-7H,3-4H2,1-2H3,(H,16,18,19). The van der Waals surface area contributed by atoms with Gasteiger partial charge in [-0.3, -0.25) is 0 Å². The molecular weight excluding hydrogens is 283 g/mol. The maximum Gasteiger partial charge on any atom is 0.181 e. The molecule has 0 spiro atoms. The van der Waals surface area contributed by atoms with E-state index >= 15 is 0 Å². The normalized spacial score (nSPS) is 10.5. The van der Waals surface area contributed by atoms with Gasteiger partial charge >= 0.3 is 0 Å². The summed E-state index contributed by atoms with van der Waals surface area (Å²) in [5.41, 5.74) is 1.50. The fourth-order valence-corrected chi connectivity index (χ4v) is 2.16. The maximum atomic E-state index is 6.14. The number of halogens is 2. The first-order chi connectivity index (χ1) is 9.13. The molecule has 0 saturated heterocycles. The van der Waals surface area contributed by atoms with E-state index < -0.39 is 0 Å². The number of aromatic nitrogens is 3. The van der Waals surface area contributed by atoms with Crippen LogP contribution < -0.4 is 5.32 Å². The number of aryl methyl sites for hydroxylation is 1. The number of hydrogen-bond acceptors (Lipinski definition) is 4. The second-order valence-electron chi connectivity index (χ2n) is 4.05. The van der Waals surface area contributed by atoms with Crippen LogP contribution in [0, 0.1) is 0 Å². The van der Waals surface area contributed by atoms with E-state index in [9.17, 15) is 0 Å². The molecule has 0 saturated carbocycles. The van der Waals surface area contributed by atoms with Crippen molar-refractivity contribution in [1.82, 2.24) is 15.0 Å². The van der Waals surface area contributed by atoms with Gasteiger partial charge in [-0.05, 0) is 12.5 Å². The molecule has 6 heteroatoms. The molecule has 19 heavy (non-hydrogen) atoms. The van der Waals surface area contributed by atoms with Crippen LogP contribution >= 0.6 is 23.2 Å². The summed E-state index contributed by atoms with van der Waals surface area (Å²) >= 11 is 12.0. The van der Waals surface area contributed by atoms with E-state index in [4.69, 9.17) is 23.2 Å². The third kappa shape index (κ3) is 3.33. The molecule has 2 rings (SSSR count). The first-order valence-electron chi connectivity index (χ1n) is 6.01. The van der Waals surface area contributed by atoms with Crippen molar-refractivity contribution in [3.63, 3.8) is 0 Å². The van der Waals surface area contributed by atoms with Crippen molar-refractivity contribution >= 4 is 29.0 Å². The summed E-state index contributed by atoms with van der Waals surface area (Å²) in [5.74, 6) is 1.26. The molecule has 0 aromatic carbocycles. The first kappa shape index (κ1) is 14.0. The van der Waals surface area contributed by atoms with Crippen LogP contribution in [0.1, 0.15) is 19.0 Å². The molecule has 0 bridgehead atoms. The zero-order valence-corrected chi connectivity index (χ0v) is 12.3. The zero-order chi connectivity index (χ0) is 13.8. The van der Waals surface area contributed by atoms with Crippen molar-refractivity contribution in [2.24, 2.45) is 0 Å². The van der Waals surface area contributed by atoms with Crippen molar-refractivity contribution in [3.8, 4) is 11.5 Å². The van der Waals surface area contributed by atoms with E-state index in [1.54, 1.807) is 6.07 Å². The summed E-state index contributed by atoms with van der Waals surface area (Å²) in [6.45, 7) is 2.11. The largest absolute Gasteiger partial charge is 0.373 e. The summed E-state index contributed by atoms with van der Waals surface area (Å²) in [4.78, 5) is 13.1. The third-order valence-corrected chi connectivity index (χ3v) is 3.06. The number of rotatable bonds is 4. The van der Waals surface area contributed by atoms with Crippen molar-refractivity contribution in [1.29, 1.82) is 0 Å². The minimum Gasteiger partial charge on any atom is -0.373 e. The lowest BCUT2D eigenvalue weighted by Gasteiger charge is -2.08. The van der Waals surface area contributed by atoms with Crippen molar-refractivity contribution < 1.29 is 0 Å². The van der Waals surface area contributed by atoms with E-state index in [0.717, 1.165) is 24.4 Å². The Morgan fingerprint density at radius 2 is 2.00 bits per heavy atom. The SMILES string of the molecule is CCCc1cc(NC)nc(-c2ncc(Cl)cc2Cl)n1. The molecule has 2 heterocycles. The van der Waals surface area contributed by atoms with Gasteiger partial charge in [0.25, 0.3) is 0 Å². The third-order valence-electron chi connectivity index (χ3n) is 2.56. The summed E-state index contributed by atoms with van der Waals surface area (Å²) in [6, 6.07) is 3.57. The Morgan fingerprint density at radius 3 is 2.63 bits per heavy atom. The predicted octanol–water partition coefficient (Wildman–Crippen LogP) is 3.84. The summed E-state index contributed by atoms with van der Waals surface area (Å²) in [7, 11) is 1.82. The zero-order valence-electron chi connectivity index (χ0n) is 10.7. The molecule has 0 unspecified atom stereocenters. The number of nitrogens with one attached hydrogen (secondary N) is 1. The van der Waals surface area contributed by atoms with Crippen LogP contribution in [0.25, 0.3) is 11.5 Å². The highest BCUT2D eigenvalue weighted by atomic mass is 35.5. The van der Waals surface area contributed by atoms with Gasteiger partial charge in [-0.15, -0.1) is 0 Å². The van der Waals surface area contributed by atoms with E-state index in [2.05, 4.69) is 27.2 Å². The molecule has 2 aromatic heterocycles. The minimum absolute atomic E-state index is 0.447. The van der Waals surface area contributed by atoms with E-state index in [1.807, 2.05) is 13.1 Å². The van der Waals surface area contributed by atoms with Crippen LogP contribution in [0.2, 0.25) is 10.0 Å². The van der Waals surface area contributed by atoms with Gasteiger partial charge in [0.15, 0.2) is 5.82 Å². The molecular formula is C13H14Cl2N4. The molecule has 0 aliphatic rings. The number of nitrogens with zero attached hydrogens (tertiary/aromatic N) is 3. The molecule has 4 nitrogen and oxygen atoms in total. The van der Waals surface area contributed by atoms with E-state index in [1.165, 1.54) is 6.20 Å². The average Bonchev–Trinajstić information content (AvgIpc) is 2.38. The smallest absolute Gasteiger partial charge is 0.181 e. The molecule has 0 aliphatic carbocycles. The molecule has 0 radical (unpaired) electrons. The van der Waals surface area contributed by atoms with Gasteiger partial charge in [0, 0.05) is 25.0 Å². The molecule has 0 fully saturated rings. The molecule has 100 valence electrons. The molecule has 1 N–H and O–H groups in total. The second kappa shape index (κ2) is 6.17.